The van der Waals surface area contributed by atoms with Crippen molar-refractivity contribution in [2.45, 2.75) is 25.3 Å². The first-order valence-corrected chi connectivity index (χ1v) is 8.70. The molecule has 2 atom stereocenters. The first-order valence-electron chi connectivity index (χ1n) is 8.70. The molecule has 0 saturated carbocycles. The zero-order valence-corrected chi connectivity index (χ0v) is 14.9. The van der Waals surface area contributed by atoms with E-state index in [0.717, 1.165) is 31.6 Å². The quantitative estimate of drug-likeness (QED) is 0.897. The topological polar surface area (TPSA) is 59.9 Å². The fourth-order valence-electron chi connectivity index (χ4n) is 4.16. The molecule has 2 fully saturated rings. The SMILES string of the molecule is CN(C)c1ccc(C(=O)N2CC[C@@]3(CO)CCCN(C)[C@@H]3C2)cn1. The maximum Gasteiger partial charge on any atom is 0.255 e. The van der Waals surface area contributed by atoms with Gasteiger partial charge in [0.1, 0.15) is 5.82 Å². The standard InChI is InChI=1S/C18H28N4O2/c1-20(2)16-6-5-14(11-19-16)17(24)22-10-8-18(13-23)7-4-9-21(3)15(18)12-22/h5-6,11,15,23H,4,7-10,12-13H2,1-3H3/t15-,18-/m1/s1. The van der Waals surface area contributed by atoms with Crippen LogP contribution < -0.4 is 4.90 Å². The number of rotatable bonds is 3. The highest BCUT2D eigenvalue weighted by Crippen LogP contribution is 2.41. The van der Waals surface area contributed by atoms with Crippen molar-refractivity contribution in [3.63, 3.8) is 0 Å². The van der Waals surface area contributed by atoms with Crippen LogP contribution in [0.2, 0.25) is 0 Å². The Morgan fingerprint density at radius 2 is 2.17 bits per heavy atom. The van der Waals surface area contributed by atoms with Gasteiger partial charge in [-0.15, -0.1) is 0 Å². The van der Waals surface area contributed by atoms with Crippen LogP contribution in [-0.2, 0) is 0 Å². The van der Waals surface area contributed by atoms with Gasteiger partial charge < -0.3 is 19.8 Å². The molecule has 6 heteroatoms. The van der Waals surface area contributed by atoms with Gasteiger partial charge >= 0.3 is 0 Å². The summed E-state index contributed by atoms with van der Waals surface area (Å²) in [6.45, 7) is 2.64. The molecule has 1 N–H and O–H groups in total. The zero-order chi connectivity index (χ0) is 17.3. The molecule has 1 aromatic heterocycles. The van der Waals surface area contributed by atoms with Crippen LogP contribution in [0.15, 0.2) is 18.3 Å². The van der Waals surface area contributed by atoms with Crippen LogP contribution in [-0.4, -0.2) is 79.2 Å². The predicted octanol–water partition coefficient (Wildman–Crippen LogP) is 1.07. The fourth-order valence-corrected chi connectivity index (χ4v) is 4.16. The van der Waals surface area contributed by atoms with Crippen LogP contribution in [0.5, 0.6) is 0 Å². The summed E-state index contributed by atoms with van der Waals surface area (Å²) in [6, 6.07) is 3.97. The summed E-state index contributed by atoms with van der Waals surface area (Å²) in [5.41, 5.74) is 0.590. The molecule has 2 aliphatic heterocycles. The van der Waals surface area contributed by atoms with Gasteiger partial charge in [-0.3, -0.25) is 4.79 Å². The molecule has 1 aromatic rings. The second-order valence-corrected chi connectivity index (χ2v) is 7.42. The number of hydrogen-bond acceptors (Lipinski definition) is 5. The maximum absolute atomic E-state index is 12.8. The van der Waals surface area contributed by atoms with Gasteiger partial charge in [-0.2, -0.15) is 0 Å². The lowest BCUT2D eigenvalue weighted by Crippen LogP contribution is -2.62. The van der Waals surface area contributed by atoms with Gasteiger partial charge in [-0.25, -0.2) is 4.98 Å². The van der Waals surface area contributed by atoms with Crippen LogP contribution in [0.25, 0.3) is 0 Å². The fraction of sp³-hybridized carbons (Fsp3) is 0.667. The van der Waals surface area contributed by atoms with Crippen molar-refractivity contribution in [1.29, 1.82) is 0 Å². The molecular weight excluding hydrogens is 304 g/mol. The molecule has 0 unspecified atom stereocenters. The van der Waals surface area contributed by atoms with Crippen molar-refractivity contribution in [2.75, 3.05) is 52.3 Å². The van der Waals surface area contributed by atoms with Gasteiger partial charge in [0.15, 0.2) is 0 Å². The van der Waals surface area contributed by atoms with Crippen LogP contribution >= 0.6 is 0 Å². The van der Waals surface area contributed by atoms with E-state index in [2.05, 4.69) is 16.9 Å². The Morgan fingerprint density at radius 1 is 1.38 bits per heavy atom. The molecule has 0 radical (unpaired) electrons. The van der Waals surface area contributed by atoms with E-state index < -0.39 is 0 Å². The number of piperidine rings is 2. The second-order valence-electron chi connectivity index (χ2n) is 7.42. The smallest absolute Gasteiger partial charge is 0.255 e. The van der Waals surface area contributed by atoms with E-state index in [1.807, 2.05) is 36.0 Å². The molecule has 0 spiro atoms. The zero-order valence-electron chi connectivity index (χ0n) is 14.9. The Balaban J connectivity index is 1.75. The van der Waals surface area contributed by atoms with Crippen molar-refractivity contribution in [2.24, 2.45) is 5.41 Å². The Morgan fingerprint density at radius 3 is 2.79 bits per heavy atom. The molecule has 2 aliphatic rings. The van der Waals surface area contributed by atoms with Crippen molar-refractivity contribution in [3.05, 3.63) is 23.9 Å². The number of aliphatic hydroxyl groups is 1. The molecular formula is C18H28N4O2. The normalized spacial score (nSPS) is 27.7. The Bertz CT molecular complexity index is 589. The number of carbonyl (C=O) groups is 1. The van der Waals surface area contributed by atoms with E-state index in [0.29, 0.717) is 18.7 Å². The van der Waals surface area contributed by atoms with E-state index >= 15 is 0 Å². The first kappa shape index (κ1) is 17.2. The van der Waals surface area contributed by atoms with E-state index in [9.17, 15) is 9.90 Å². The Kier molecular flexibility index (Phi) is 4.78. The van der Waals surface area contributed by atoms with Gasteiger partial charge in [0.25, 0.3) is 5.91 Å². The summed E-state index contributed by atoms with van der Waals surface area (Å²) in [4.78, 5) is 23.3. The second kappa shape index (κ2) is 6.69. The molecule has 1 amide bonds. The summed E-state index contributed by atoms with van der Waals surface area (Å²) in [6.07, 6.45) is 4.71. The number of nitrogens with zero attached hydrogens (tertiary/aromatic N) is 4. The molecule has 24 heavy (non-hydrogen) atoms. The summed E-state index contributed by atoms with van der Waals surface area (Å²) >= 11 is 0. The number of fused-ring (bicyclic) bond motifs is 1. The van der Waals surface area contributed by atoms with Gasteiger partial charge in [-0.05, 0) is 45.0 Å². The molecule has 0 bridgehead atoms. The van der Waals surface area contributed by atoms with Crippen molar-refractivity contribution in [3.8, 4) is 0 Å². The molecule has 3 rings (SSSR count). The third kappa shape index (κ3) is 3.00. The number of aromatic nitrogens is 1. The molecule has 2 saturated heterocycles. The number of aliphatic hydroxyl groups excluding tert-OH is 1. The van der Waals surface area contributed by atoms with Gasteiger partial charge in [-0.1, -0.05) is 0 Å². The van der Waals surface area contributed by atoms with Gasteiger partial charge in [0.2, 0.25) is 0 Å². The third-order valence-electron chi connectivity index (χ3n) is 5.75. The van der Waals surface area contributed by atoms with Crippen molar-refractivity contribution in [1.82, 2.24) is 14.8 Å². The maximum atomic E-state index is 12.8. The summed E-state index contributed by atoms with van der Waals surface area (Å²) < 4.78 is 0. The van der Waals surface area contributed by atoms with E-state index in [-0.39, 0.29) is 24.0 Å². The minimum absolute atomic E-state index is 0.0401. The number of pyridine rings is 1. The lowest BCUT2D eigenvalue weighted by Gasteiger charge is -2.53. The average Bonchev–Trinajstić information content (AvgIpc) is 2.61. The Hall–Kier alpha value is -1.66. The Labute approximate surface area is 144 Å². The lowest BCUT2D eigenvalue weighted by atomic mass is 9.69. The summed E-state index contributed by atoms with van der Waals surface area (Å²) in [5, 5.41) is 9.97. The summed E-state index contributed by atoms with van der Waals surface area (Å²) in [7, 11) is 5.97. The number of carbonyl (C=O) groups excluding carboxylic acids is 1. The third-order valence-corrected chi connectivity index (χ3v) is 5.75. The van der Waals surface area contributed by atoms with E-state index in [4.69, 9.17) is 0 Å². The minimum Gasteiger partial charge on any atom is -0.396 e. The van der Waals surface area contributed by atoms with Crippen molar-refractivity contribution < 1.29 is 9.90 Å². The van der Waals surface area contributed by atoms with Crippen LogP contribution in [0.3, 0.4) is 0 Å². The largest absolute Gasteiger partial charge is 0.396 e. The number of anilines is 1. The minimum atomic E-state index is -0.0448. The van der Waals surface area contributed by atoms with Gasteiger partial charge in [0, 0.05) is 44.8 Å². The number of hydrogen-bond donors (Lipinski definition) is 1. The van der Waals surface area contributed by atoms with E-state index in [1.165, 1.54) is 0 Å². The van der Waals surface area contributed by atoms with Crippen LogP contribution in [0, 0.1) is 5.41 Å². The molecule has 3 heterocycles. The van der Waals surface area contributed by atoms with Gasteiger partial charge in [0.05, 0.1) is 12.2 Å². The number of likely N-dealkylation sites (tertiary alicyclic amines) is 2. The van der Waals surface area contributed by atoms with E-state index in [1.54, 1.807) is 6.20 Å². The molecule has 0 aliphatic carbocycles. The highest BCUT2D eigenvalue weighted by molar-refractivity contribution is 5.94. The molecule has 6 nitrogen and oxygen atoms in total. The molecule has 0 aromatic carbocycles. The lowest BCUT2D eigenvalue weighted by molar-refractivity contribution is -0.0601. The number of amides is 1. The average molecular weight is 332 g/mol. The van der Waals surface area contributed by atoms with Crippen LogP contribution in [0.1, 0.15) is 29.6 Å². The first-order chi connectivity index (χ1) is 11.5. The summed E-state index contributed by atoms with van der Waals surface area (Å²) in [5.74, 6) is 0.884. The molecule has 132 valence electrons. The monoisotopic (exact) mass is 332 g/mol. The predicted molar refractivity (Wildman–Crippen MR) is 94.3 cm³/mol. The van der Waals surface area contributed by atoms with Crippen LogP contribution in [0.4, 0.5) is 5.82 Å². The van der Waals surface area contributed by atoms with Crippen molar-refractivity contribution >= 4 is 11.7 Å². The highest BCUT2D eigenvalue weighted by Gasteiger charge is 2.47. The number of likely N-dealkylation sites (N-methyl/N-ethyl adjacent to an activating group) is 1. The highest BCUT2D eigenvalue weighted by atomic mass is 16.3.